The number of carboxylic acid groups (broad SMARTS) is 6. The number of benzene rings is 15. The van der Waals surface area contributed by atoms with E-state index in [-0.39, 0.29) is 76.9 Å². The zero-order valence-corrected chi connectivity index (χ0v) is 81.3. The van der Waals surface area contributed by atoms with Crippen molar-refractivity contribution in [1.82, 2.24) is 0 Å². The van der Waals surface area contributed by atoms with E-state index in [1.165, 1.54) is 102 Å². The van der Waals surface area contributed by atoms with Gasteiger partial charge in [-0.25, -0.2) is 8.42 Å². The minimum Gasteiger partial charge on any atom is -0.858 e. The number of aliphatic hydroxyl groups is 1. The fourth-order valence-corrected chi connectivity index (χ4v) is 17.8. The van der Waals surface area contributed by atoms with Gasteiger partial charge in [0, 0.05) is 65.5 Å². The Hall–Kier alpha value is -14.6. The monoisotopic (exact) mass is 2110 g/mol. The number of hydrogen-bond donors (Lipinski definition) is 1. The second kappa shape index (κ2) is 57.8. The van der Waals surface area contributed by atoms with Crippen LogP contribution < -0.4 is 35.7 Å². The minimum atomic E-state index is -6.09. The van der Waals surface area contributed by atoms with E-state index in [4.69, 9.17) is 59.4 Å². The number of ketones is 3. The van der Waals surface area contributed by atoms with Gasteiger partial charge in [-0.05, 0) is 189 Å². The van der Waals surface area contributed by atoms with Crippen LogP contribution in [0.5, 0.6) is 0 Å². The van der Waals surface area contributed by atoms with E-state index in [0.29, 0.717) is 0 Å². The van der Waals surface area contributed by atoms with Gasteiger partial charge in [0.25, 0.3) is 10.0 Å². The van der Waals surface area contributed by atoms with E-state index < -0.39 is 99.1 Å². The Morgan fingerprint density at radius 1 is 0.366 bits per heavy atom. The van der Waals surface area contributed by atoms with Crippen LogP contribution >= 0.6 is 46.4 Å². The molecule has 0 spiro atoms. The molecule has 1 aliphatic rings. The summed E-state index contributed by atoms with van der Waals surface area (Å²) in [6.07, 6.45) is 0.000278. The van der Waals surface area contributed by atoms with E-state index in [1.54, 1.807) is 176 Å². The van der Waals surface area contributed by atoms with Gasteiger partial charge in [0.1, 0.15) is 17.9 Å². The van der Waals surface area contributed by atoms with Crippen molar-refractivity contribution >= 4 is 167 Å². The Morgan fingerprint density at radius 2 is 0.613 bits per heavy atom. The number of Topliss-reactive ketones (excluding diaryl/α,β-unsaturated/α-hetero) is 3. The van der Waals surface area contributed by atoms with Crippen LogP contribution in [-0.4, -0.2) is 99.8 Å². The second-order valence-electron chi connectivity index (χ2n) is 28.0. The molecule has 16 rings (SSSR count). The molecule has 0 amide bonds. The Balaban J connectivity index is 0.000000243. The fourth-order valence-electron chi connectivity index (χ4n) is 11.2. The highest BCUT2D eigenvalue weighted by molar-refractivity contribution is 8.29. The van der Waals surface area contributed by atoms with Crippen molar-refractivity contribution in [3.8, 4) is 0 Å². The Kier molecular flexibility index (Phi) is 47.3. The summed E-state index contributed by atoms with van der Waals surface area (Å²) >= 11 is 28.3. The maximum atomic E-state index is 11.3. The third-order valence-corrected chi connectivity index (χ3v) is 26.7. The number of carbonyl (C=O) groups excluding carboxylic acids is 9. The van der Waals surface area contributed by atoms with Crippen LogP contribution in [0.3, 0.4) is 0 Å². The number of hydrogen-bond acceptors (Lipinski definition) is 25. The molecular formula is C104H75Cl4F3NO24S6-7. The summed E-state index contributed by atoms with van der Waals surface area (Å²) in [6, 6.07) is 122. The highest BCUT2D eigenvalue weighted by Crippen LogP contribution is 2.35. The van der Waals surface area contributed by atoms with Gasteiger partial charge in [-0.1, -0.05) is 331 Å². The van der Waals surface area contributed by atoms with Crippen LogP contribution in [0.25, 0.3) is 0 Å². The first kappa shape index (κ1) is 116. The lowest BCUT2D eigenvalue weighted by molar-refractivity contribution is -0.323. The van der Waals surface area contributed by atoms with Crippen molar-refractivity contribution in [3.63, 3.8) is 0 Å². The maximum Gasteiger partial charge on any atom is 0.485 e. The smallest absolute Gasteiger partial charge is 0.485 e. The van der Waals surface area contributed by atoms with Crippen LogP contribution in [0.2, 0.25) is 20.1 Å². The summed E-state index contributed by atoms with van der Waals surface area (Å²) in [5.74, 6) is -12.3. The van der Waals surface area contributed by atoms with Crippen LogP contribution in [0, 0.1) is 6.92 Å². The molecule has 732 valence electrons. The molecule has 0 aromatic heterocycles. The molecule has 38 heteroatoms. The van der Waals surface area contributed by atoms with E-state index >= 15 is 0 Å². The zero-order valence-electron chi connectivity index (χ0n) is 73.4. The topological polar surface area (TPSA) is 479 Å². The van der Waals surface area contributed by atoms with Gasteiger partial charge >= 0.3 is 5.51 Å². The molecule has 15 aromatic carbocycles. The number of rotatable bonds is 19. The first-order chi connectivity index (χ1) is 67.2. The van der Waals surface area contributed by atoms with Crippen molar-refractivity contribution in [2.24, 2.45) is 4.40 Å². The van der Waals surface area contributed by atoms with Gasteiger partial charge in [-0.3, -0.25) is 18.6 Å². The molecule has 1 heterocycles. The van der Waals surface area contributed by atoms with Crippen molar-refractivity contribution in [2.45, 2.75) is 63.6 Å². The fraction of sp³-hybridized carbons (Fsp3) is 0.0385. The molecule has 1 atom stereocenters. The van der Waals surface area contributed by atoms with Crippen molar-refractivity contribution in [2.75, 3.05) is 0 Å². The molecule has 0 aliphatic carbocycles. The third kappa shape index (κ3) is 39.2. The molecule has 1 unspecified atom stereocenters. The standard InChI is InChI=1S/2C18H13Cl2S.C14H12O3.C9H10O2.3C8H6O3.C7H5NO3S.C7H6O2.C6H6O2S2.CHF3O3S/c2*19-14-6-10-17(11-7-14)21(16-4-2-1-3-5-16)18-12-8-15(20)9-13-18;15-13(16)14(17,11-7-3-1-4-8-11)12-9-5-2-6-10-12;1-7-2-4-8(5-3-7)6-9(10)11;3*9-7(8(10)11)6-4-2-1-3-5-6;9-7-5-3-1-2-4-6(5)12(10,11)8-7;8-7(9)6-4-2-1-3-5-6;7-10(8,9)6-4-2-1-3-5-6;2-1(3,4)8(5,6)7/h2*1-13H;1-10,17H,(H,15,16);2-5H,6H2,1H3,(H,10,11);3*1-5H,(H,10,11);1-4H,(H,8,9);1-5H,(H,8,9);1-5H,(H,7,8,9);(H,5,6,7)/q2*+1;;;;;;;;;/p-9. The first-order valence-corrected chi connectivity index (χ1v) is 49.7. The molecule has 0 radical (unpaired) electrons. The van der Waals surface area contributed by atoms with E-state index in [9.17, 15) is 114 Å². The Bertz CT molecular complexity index is 6630. The summed E-state index contributed by atoms with van der Waals surface area (Å²) in [5, 5.41) is 85.9. The number of aliphatic carboxylic acids is 5. The van der Waals surface area contributed by atoms with Crippen molar-refractivity contribution in [3.05, 3.63) is 489 Å². The van der Waals surface area contributed by atoms with Crippen LogP contribution in [0.4, 0.5) is 13.2 Å². The predicted molar refractivity (Wildman–Crippen MR) is 519 cm³/mol. The number of sulfonamides is 1. The maximum absolute atomic E-state index is 11.3. The third-order valence-electron chi connectivity index (χ3n) is 17.9. The van der Waals surface area contributed by atoms with Gasteiger partial charge in [-0.15, -0.1) is 0 Å². The SMILES string of the molecule is Cc1ccc(CC(=O)[O-])cc1.Clc1ccc([S+](c2ccccc2)c2ccc(Cl)cc2)cc1.Clc1ccc([S+](c2ccccc2)c2ccc(Cl)cc2)cc1.O=C([O-])C(=O)c1ccccc1.O=C([O-])C(=O)c1ccccc1.O=C([O-])C(=O)c1ccccc1.O=C([O-])C(O)(c1ccccc1)c1ccccc1.O=C([O-])c1ccccc1.O=S(=O)([O-])C(F)(F)F.O=S([O-])(=S)c1ccccc1.O=S1(=O)N=C([O-])c2ccccc21. The lowest BCUT2D eigenvalue weighted by Gasteiger charge is -2.30. The number of carbonyl (C=O) groups is 9. The number of aryl methyl sites for hydroxylation is 1. The summed E-state index contributed by atoms with van der Waals surface area (Å²) in [4.78, 5) is 101. The molecule has 0 fully saturated rings. The van der Waals surface area contributed by atoms with Crippen molar-refractivity contribution < 1.29 is 127 Å². The normalized spacial score (nSPS) is 11.4. The molecule has 25 nitrogen and oxygen atoms in total. The average Bonchev–Trinajstić information content (AvgIpc) is 1.74. The zero-order chi connectivity index (χ0) is 105. The lowest BCUT2D eigenvalue weighted by atomic mass is 9.86. The summed E-state index contributed by atoms with van der Waals surface area (Å²) in [5.41, 5.74) is -4.45. The van der Waals surface area contributed by atoms with Crippen LogP contribution in [-0.2, 0) is 97.9 Å². The largest absolute Gasteiger partial charge is 0.858 e. The molecule has 0 saturated heterocycles. The van der Waals surface area contributed by atoms with E-state index in [2.05, 4.69) is 113 Å². The number of aromatic carboxylic acids is 1. The quantitative estimate of drug-likeness (QED) is 0.0258. The van der Waals surface area contributed by atoms with E-state index in [0.717, 1.165) is 31.2 Å². The Morgan fingerprint density at radius 3 is 0.845 bits per heavy atom. The highest BCUT2D eigenvalue weighted by atomic mass is 35.5. The molecular weight excluding hydrogens is 2040 g/mol. The van der Waals surface area contributed by atoms with Gasteiger partial charge in [0.2, 0.25) is 17.3 Å². The lowest BCUT2D eigenvalue weighted by Crippen LogP contribution is -2.46. The van der Waals surface area contributed by atoms with Crippen LogP contribution in [0.15, 0.2) is 462 Å². The summed E-state index contributed by atoms with van der Waals surface area (Å²) in [7, 11) is -13.5. The summed E-state index contributed by atoms with van der Waals surface area (Å²) in [6.45, 7) is 1.96. The average molecular weight is 2110 g/mol. The van der Waals surface area contributed by atoms with E-state index in [1.807, 2.05) is 79.7 Å². The number of fused-ring (bicyclic) bond motifs is 1. The van der Waals surface area contributed by atoms with Gasteiger partial charge in [0.05, 0.1) is 38.6 Å². The molecule has 1 aliphatic heterocycles. The number of alkyl halides is 3. The molecule has 0 bridgehead atoms. The number of halogens is 7. The van der Waals surface area contributed by atoms with Gasteiger partial charge in [-0.2, -0.15) is 26.0 Å². The number of nitrogens with zero attached hydrogens (tertiary/aromatic N) is 1. The van der Waals surface area contributed by atoms with Crippen LogP contribution in [0.1, 0.15) is 69.2 Å². The predicted octanol–water partition coefficient (Wildman–Crippen LogP) is 12.5. The van der Waals surface area contributed by atoms with Gasteiger partial charge in [0.15, 0.2) is 45.1 Å². The minimum absolute atomic E-state index is 0.000278. The first-order valence-electron chi connectivity index (χ1n) is 40.5. The Labute approximate surface area is 844 Å². The molecule has 1 N–H and O–H groups in total. The highest BCUT2D eigenvalue weighted by Gasteiger charge is 2.37. The number of carboxylic acids is 6. The molecule has 15 aromatic rings. The molecule has 142 heavy (non-hydrogen) atoms. The second-order valence-corrected chi connectivity index (χ2v) is 39.4. The molecule has 0 saturated carbocycles. The van der Waals surface area contributed by atoms with Gasteiger partial charge < -0.3 is 78.7 Å². The van der Waals surface area contributed by atoms with Crippen molar-refractivity contribution in [1.29, 1.82) is 0 Å². The summed E-state index contributed by atoms with van der Waals surface area (Å²) < 4.78 is 105.